The number of aliphatic hydroxyl groups is 1. The van der Waals surface area contributed by atoms with E-state index < -0.39 is 11.0 Å². The molecule has 0 aliphatic heterocycles. The molecule has 0 saturated heterocycles. The Morgan fingerprint density at radius 1 is 1.56 bits per heavy atom. The molecule has 0 bridgehead atoms. The molecule has 1 rings (SSSR count). The molecule has 1 unspecified atom stereocenters. The lowest BCUT2D eigenvalue weighted by Crippen LogP contribution is -2.53. The molecule has 2 nitrogen and oxygen atoms in total. The minimum Gasteiger partial charge on any atom is -0.377 e. The third-order valence-electron chi connectivity index (χ3n) is 3.88. The zero-order valence-corrected chi connectivity index (χ0v) is 12.1. The van der Waals surface area contributed by atoms with Crippen molar-refractivity contribution in [2.45, 2.75) is 59.5 Å². The van der Waals surface area contributed by atoms with Gasteiger partial charge in [-0.1, -0.05) is 45.6 Å². The SMILES string of the molecule is CC/C=C(/C)C#C[C@]1(O)C(C)CC(=O)CC1(C)C. The van der Waals surface area contributed by atoms with Crippen molar-refractivity contribution in [1.82, 2.24) is 0 Å². The highest BCUT2D eigenvalue weighted by Crippen LogP contribution is 2.45. The maximum absolute atomic E-state index is 11.6. The molecule has 0 aromatic carbocycles. The van der Waals surface area contributed by atoms with Gasteiger partial charge in [0, 0.05) is 24.2 Å². The van der Waals surface area contributed by atoms with Gasteiger partial charge in [-0.25, -0.2) is 0 Å². The van der Waals surface area contributed by atoms with Crippen LogP contribution in [-0.2, 0) is 4.79 Å². The minimum atomic E-state index is -1.08. The molecule has 2 heteroatoms. The summed E-state index contributed by atoms with van der Waals surface area (Å²) in [5, 5.41) is 10.8. The van der Waals surface area contributed by atoms with Crippen LogP contribution < -0.4 is 0 Å². The minimum absolute atomic E-state index is 0.115. The first kappa shape index (κ1) is 15.0. The summed E-state index contributed by atoms with van der Waals surface area (Å²) in [6.07, 6.45) is 3.81. The lowest BCUT2D eigenvalue weighted by molar-refractivity contribution is -0.140. The fourth-order valence-electron chi connectivity index (χ4n) is 2.70. The van der Waals surface area contributed by atoms with Gasteiger partial charge in [0.1, 0.15) is 11.4 Å². The van der Waals surface area contributed by atoms with Crippen LogP contribution in [0.1, 0.15) is 53.9 Å². The van der Waals surface area contributed by atoms with E-state index in [0.717, 1.165) is 12.0 Å². The molecular formula is C16H24O2. The van der Waals surface area contributed by atoms with E-state index in [1.807, 2.05) is 33.8 Å². The number of carbonyl (C=O) groups is 1. The van der Waals surface area contributed by atoms with Crippen molar-refractivity contribution in [2.24, 2.45) is 11.3 Å². The van der Waals surface area contributed by atoms with Crippen molar-refractivity contribution < 1.29 is 9.90 Å². The van der Waals surface area contributed by atoms with Gasteiger partial charge in [0.05, 0.1) is 0 Å². The molecule has 1 N–H and O–H groups in total. The lowest BCUT2D eigenvalue weighted by atomic mass is 9.60. The van der Waals surface area contributed by atoms with Gasteiger partial charge in [-0.2, -0.15) is 0 Å². The van der Waals surface area contributed by atoms with Crippen molar-refractivity contribution >= 4 is 5.78 Å². The Balaban J connectivity index is 3.09. The second-order valence-corrected chi connectivity index (χ2v) is 6.02. The zero-order valence-electron chi connectivity index (χ0n) is 12.1. The summed E-state index contributed by atoms with van der Waals surface area (Å²) >= 11 is 0. The van der Waals surface area contributed by atoms with Gasteiger partial charge in [0.25, 0.3) is 0 Å². The smallest absolute Gasteiger partial charge is 0.134 e. The molecule has 0 amide bonds. The third kappa shape index (κ3) is 2.84. The number of hydrogen-bond acceptors (Lipinski definition) is 2. The second-order valence-electron chi connectivity index (χ2n) is 6.02. The van der Waals surface area contributed by atoms with Crippen molar-refractivity contribution in [1.29, 1.82) is 0 Å². The molecule has 0 aromatic heterocycles. The summed E-state index contributed by atoms with van der Waals surface area (Å²) in [7, 11) is 0. The number of Topliss-reactive ketones (excluding diaryl/α,β-unsaturated/α-hetero) is 1. The highest BCUT2D eigenvalue weighted by molar-refractivity contribution is 5.81. The Hall–Kier alpha value is -1.07. The van der Waals surface area contributed by atoms with E-state index in [0.29, 0.717) is 12.8 Å². The van der Waals surface area contributed by atoms with Crippen molar-refractivity contribution in [2.75, 3.05) is 0 Å². The lowest BCUT2D eigenvalue weighted by Gasteiger charge is -2.46. The monoisotopic (exact) mass is 248 g/mol. The van der Waals surface area contributed by atoms with Gasteiger partial charge in [-0.05, 0) is 18.9 Å². The van der Waals surface area contributed by atoms with Crippen LogP contribution in [0, 0.1) is 23.2 Å². The van der Waals surface area contributed by atoms with E-state index in [9.17, 15) is 9.90 Å². The fraction of sp³-hybridized carbons (Fsp3) is 0.688. The molecule has 0 spiro atoms. The van der Waals surface area contributed by atoms with Crippen LogP contribution in [0.5, 0.6) is 0 Å². The van der Waals surface area contributed by atoms with E-state index in [1.54, 1.807) is 0 Å². The number of carbonyl (C=O) groups excluding carboxylic acids is 1. The molecule has 0 radical (unpaired) electrons. The third-order valence-corrected chi connectivity index (χ3v) is 3.88. The standard InChI is InChI=1S/C16H24O2/c1-6-7-12(2)8-9-16(18)13(3)10-14(17)11-15(16,4)5/h7,13,18H,6,10-11H2,1-5H3/b12-7-/t13?,16-/m0/s1. The Kier molecular flexibility index (Phi) is 4.40. The maximum Gasteiger partial charge on any atom is 0.134 e. The van der Waals surface area contributed by atoms with Gasteiger partial charge < -0.3 is 5.11 Å². The topological polar surface area (TPSA) is 37.3 Å². The molecule has 100 valence electrons. The van der Waals surface area contributed by atoms with Crippen LogP contribution in [0.2, 0.25) is 0 Å². The predicted octanol–water partition coefficient (Wildman–Crippen LogP) is 3.10. The molecule has 0 aromatic rings. The zero-order chi connectivity index (χ0) is 14.0. The molecular weight excluding hydrogens is 224 g/mol. The molecule has 1 fully saturated rings. The summed E-state index contributed by atoms with van der Waals surface area (Å²) in [5.41, 5.74) is -0.587. The first-order valence-corrected chi connectivity index (χ1v) is 6.67. The van der Waals surface area contributed by atoms with Gasteiger partial charge in [0.15, 0.2) is 0 Å². The molecule has 1 aliphatic rings. The Morgan fingerprint density at radius 3 is 2.67 bits per heavy atom. The van der Waals surface area contributed by atoms with Crippen LogP contribution in [0.25, 0.3) is 0 Å². The summed E-state index contributed by atoms with van der Waals surface area (Å²) in [4.78, 5) is 11.6. The van der Waals surface area contributed by atoms with Crippen molar-refractivity contribution in [3.63, 3.8) is 0 Å². The maximum atomic E-state index is 11.6. The highest BCUT2D eigenvalue weighted by Gasteiger charge is 2.51. The van der Waals surface area contributed by atoms with Gasteiger partial charge in [-0.3, -0.25) is 4.79 Å². The van der Waals surface area contributed by atoms with Crippen LogP contribution in [0.4, 0.5) is 0 Å². The van der Waals surface area contributed by atoms with Crippen LogP contribution in [-0.4, -0.2) is 16.5 Å². The first-order chi connectivity index (χ1) is 8.23. The van der Waals surface area contributed by atoms with Crippen LogP contribution >= 0.6 is 0 Å². The average Bonchev–Trinajstić information content (AvgIpc) is 2.23. The van der Waals surface area contributed by atoms with Gasteiger partial charge >= 0.3 is 0 Å². The molecule has 2 atom stereocenters. The largest absolute Gasteiger partial charge is 0.377 e. The van der Waals surface area contributed by atoms with E-state index in [2.05, 4.69) is 18.8 Å². The van der Waals surface area contributed by atoms with Crippen LogP contribution in [0.3, 0.4) is 0 Å². The summed E-state index contributed by atoms with van der Waals surface area (Å²) in [6.45, 7) is 9.77. The quantitative estimate of drug-likeness (QED) is 0.724. The predicted molar refractivity (Wildman–Crippen MR) is 74.0 cm³/mol. The van der Waals surface area contributed by atoms with E-state index in [-0.39, 0.29) is 11.7 Å². The number of hydrogen-bond donors (Lipinski definition) is 1. The van der Waals surface area contributed by atoms with Gasteiger partial charge in [0.2, 0.25) is 0 Å². The average molecular weight is 248 g/mol. The summed E-state index contributed by atoms with van der Waals surface area (Å²) in [6, 6.07) is 0. The summed E-state index contributed by atoms with van der Waals surface area (Å²) in [5.74, 6) is 6.18. The number of allylic oxidation sites excluding steroid dienone is 2. The Morgan fingerprint density at radius 2 is 2.17 bits per heavy atom. The van der Waals surface area contributed by atoms with Crippen LogP contribution in [0.15, 0.2) is 11.6 Å². The highest BCUT2D eigenvalue weighted by atomic mass is 16.3. The van der Waals surface area contributed by atoms with Crippen molar-refractivity contribution in [3.8, 4) is 11.8 Å². The molecule has 1 aliphatic carbocycles. The number of ketones is 1. The first-order valence-electron chi connectivity index (χ1n) is 6.67. The fourth-order valence-corrected chi connectivity index (χ4v) is 2.70. The van der Waals surface area contributed by atoms with Crippen molar-refractivity contribution in [3.05, 3.63) is 11.6 Å². The molecule has 0 heterocycles. The summed E-state index contributed by atoms with van der Waals surface area (Å²) < 4.78 is 0. The number of rotatable bonds is 1. The van der Waals surface area contributed by atoms with Gasteiger partial charge in [-0.15, -0.1) is 0 Å². The van der Waals surface area contributed by atoms with E-state index in [4.69, 9.17) is 0 Å². The normalized spacial score (nSPS) is 31.8. The van der Waals surface area contributed by atoms with E-state index >= 15 is 0 Å². The molecule has 1 saturated carbocycles. The Bertz CT molecular complexity index is 420. The molecule has 18 heavy (non-hydrogen) atoms. The van der Waals surface area contributed by atoms with E-state index in [1.165, 1.54) is 0 Å². The second kappa shape index (κ2) is 5.28. The Labute approximate surface area is 110 Å².